The van der Waals surface area contributed by atoms with E-state index in [1.54, 1.807) is 66.7 Å². The van der Waals surface area contributed by atoms with E-state index in [0.717, 1.165) is 16.5 Å². The second kappa shape index (κ2) is 12.9. The van der Waals surface area contributed by atoms with Gasteiger partial charge in [0.2, 0.25) is 5.91 Å². The largest absolute Gasteiger partial charge is 0.524 e. The molecule has 3 amide bonds. The van der Waals surface area contributed by atoms with E-state index >= 15 is 0 Å². The first-order chi connectivity index (χ1) is 23.5. The topological polar surface area (TPSA) is 177 Å². The molecule has 12 nitrogen and oxygen atoms in total. The summed E-state index contributed by atoms with van der Waals surface area (Å²) in [6, 6.07) is 22.0. The van der Waals surface area contributed by atoms with Crippen LogP contribution in [0.25, 0.3) is 32.6 Å². The smallest absolute Gasteiger partial charge is 0.404 e. The summed E-state index contributed by atoms with van der Waals surface area (Å²) in [4.78, 5) is 66.1. The number of halogens is 1. The number of thiol groups is 1. The molecule has 3 heterocycles. The van der Waals surface area contributed by atoms with Gasteiger partial charge in [0, 0.05) is 56.9 Å². The number of aromatic amines is 2. The minimum atomic E-state index is -4.90. The number of carbonyl (C=O) groups is 3. The van der Waals surface area contributed by atoms with Crippen molar-refractivity contribution in [1.82, 2.24) is 9.97 Å². The molecule has 6 aromatic rings. The lowest BCUT2D eigenvalue weighted by Gasteiger charge is -2.24. The number of carbonyl (C=O) groups excluding carboxylic acids is 3. The Morgan fingerprint density at radius 1 is 0.898 bits per heavy atom. The molecule has 6 N–H and O–H groups in total. The lowest BCUT2D eigenvalue weighted by atomic mass is 10.0. The first kappa shape index (κ1) is 32.8. The normalized spacial score (nSPS) is 14.4. The first-order valence-electron chi connectivity index (χ1n) is 15.2. The van der Waals surface area contributed by atoms with Crippen LogP contribution in [-0.4, -0.2) is 55.2 Å². The van der Waals surface area contributed by atoms with Gasteiger partial charge in [0.1, 0.15) is 17.1 Å². The van der Waals surface area contributed by atoms with Crippen LogP contribution in [0.4, 0.5) is 17.1 Å². The molecule has 15 heteroatoms. The van der Waals surface area contributed by atoms with Crippen molar-refractivity contribution in [1.29, 1.82) is 0 Å². The summed E-state index contributed by atoms with van der Waals surface area (Å²) in [5.74, 6) is -0.384. The van der Waals surface area contributed by atoms with Crippen molar-refractivity contribution in [3.63, 3.8) is 0 Å². The van der Waals surface area contributed by atoms with Gasteiger partial charge in [-0.2, -0.15) is 12.6 Å². The second-order valence-corrected chi connectivity index (χ2v) is 13.6. The van der Waals surface area contributed by atoms with E-state index in [1.165, 1.54) is 11.0 Å². The zero-order valence-electron chi connectivity index (χ0n) is 25.6. The number of phosphoric acid groups is 1. The Kier molecular flexibility index (Phi) is 8.64. The maximum Gasteiger partial charge on any atom is 0.524 e. The molecule has 0 spiro atoms. The van der Waals surface area contributed by atoms with Crippen LogP contribution in [0.15, 0.2) is 78.9 Å². The van der Waals surface area contributed by atoms with Crippen LogP contribution in [0.3, 0.4) is 0 Å². The van der Waals surface area contributed by atoms with Crippen LogP contribution in [0, 0.1) is 0 Å². The Labute approximate surface area is 289 Å². The minimum absolute atomic E-state index is 0.0424. The van der Waals surface area contributed by atoms with Crippen molar-refractivity contribution in [3.05, 3.63) is 95.8 Å². The van der Waals surface area contributed by atoms with Crippen molar-refractivity contribution in [2.75, 3.05) is 27.2 Å². The van der Waals surface area contributed by atoms with Gasteiger partial charge in [0.05, 0.1) is 11.7 Å². The predicted octanol–water partition coefficient (Wildman–Crippen LogP) is 6.59. The number of alkyl halides is 1. The van der Waals surface area contributed by atoms with Crippen molar-refractivity contribution in [2.24, 2.45) is 0 Å². The number of fused-ring (bicyclic) bond motifs is 5. The number of nitrogens with zero attached hydrogens (tertiary/aromatic N) is 1. The highest BCUT2D eigenvalue weighted by Gasteiger charge is 2.37. The number of nitrogens with one attached hydrogen (secondary N) is 4. The zero-order chi connectivity index (χ0) is 34.4. The van der Waals surface area contributed by atoms with E-state index in [-0.39, 0.29) is 35.0 Å². The predicted molar refractivity (Wildman–Crippen MR) is 193 cm³/mol. The molecule has 1 aliphatic rings. The summed E-state index contributed by atoms with van der Waals surface area (Å²) in [6.45, 7) is 0. The van der Waals surface area contributed by atoms with Crippen LogP contribution < -0.4 is 20.1 Å². The number of hydrogen-bond donors (Lipinski definition) is 7. The quantitative estimate of drug-likeness (QED) is 0.0501. The fourth-order valence-corrected chi connectivity index (χ4v) is 7.11. The summed E-state index contributed by atoms with van der Waals surface area (Å²) < 4.78 is 16.8. The Hall–Kier alpha value is -4.78. The summed E-state index contributed by atoms with van der Waals surface area (Å²) in [5.41, 5.74) is 4.37. The fraction of sp³-hybridized carbons (Fsp3) is 0.147. The Bertz CT molecular complexity index is 2350. The number of amides is 3. The highest BCUT2D eigenvalue weighted by atomic mass is 35.5. The van der Waals surface area contributed by atoms with Crippen LogP contribution in [-0.2, 0) is 15.8 Å². The lowest BCUT2D eigenvalue weighted by Crippen LogP contribution is -2.39. The third-order valence-electron chi connectivity index (χ3n) is 8.37. The summed E-state index contributed by atoms with van der Waals surface area (Å²) in [7, 11) is -4.90. The van der Waals surface area contributed by atoms with Crippen molar-refractivity contribution < 1.29 is 33.3 Å². The van der Waals surface area contributed by atoms with Gasteiger partial charge in [-0.05, 0) is 71.7 Å². The molecule has 1 atom stereocenters. The van der Waals surface area contributed by atoms with Crippen LogP contribution >= 0.6 is 32.1 Å². The molecule has 4 aromatic carbocycles. The number of aromatic nitrogens is 2. The third kappa shape index (κ3) is 6.51. The van der Waals surface area contributed by atoms with E-state index in [9.17, 15) is 28.7 Å². The molecular formula is C34H29ClN5O7PS. The SMILES string of the molecule is O=C(CCS)Nc1ccc2[nH]c(C(=O)Nc3ccc4[nH]c(C(=O)N5c6cc(OP(=O)(O)O)c7ccccc7c6C[C@H]5CCl)cc4c3)cc2c1. The number of rotatable bonds is 9. The van der Waals surface area contributed by atoms with E-state index < -0.39 is 13.9 Å². The van der Waals surface area contributed by atoms with E-state index in [4.69, 9.17) is 16.1 Å². The summed E-state index contributed by atoms with van der Waals surface area (Å²) >= 11 is 10.4. The number of H-pyrrole nitrogens is 2. The first-order valence-corrected chi connectivity index (χ1v) is 17.9. The van der Waals surface area contributed by atoms with Crippen molar-refractivity contribution in [2.45, 2.75) is 18.9 Å². The fourth-order valence-electron chi connectivity index (χ4n) is 6.26. The molecule has 1 aliphatic heterocycles. The second-order valence-electron chi connectivity index (χ2n) is 11.6. The van der Waals surface area contributed by atoms with Gasteiger partial charge in [0.15, 0.2) is 0 Å². The van der Waals surface area contributed by atoms with Crippen LogP contribution in [0.2, 0.25) is 0 Å². The van der Waals surface area contributed by atoms with Gasteiger partial charge in [-0.15, -0.1) is 11.6 Å². The molecule has 0 unspecified atom stereocenters. The van der Waals surface area contributed by atoms with Gasteiger partial charge in [-0.1, -0.05) is 24.3 Å². The van der Waals surface area contributed by atoms with Gasteiger partial charge in [-0.3, -0.25) is 24.2 Å². The Morgan fingerprint density at radius 2 is 1.53 bits per heavy atom. The summed E-state index contributed by atoms with van der Waals surface area (Å²) in [6.07, 6.45) is 0.732. The van der Waals surface area contributed by atoms with Gasteiger partial charge < -0.3 is 30.0 Å². The molecule has 250 valence electrons. The molecule has 0 radical (unpaired) electrons. The number of benzene rings is 4. The number of anilines is 3. The number of phosphoric ester groups is 1. The average molecular weight is 718 g/mol. The Morgan fingerprint density at radius 3 is 2.18 bits per heavy atom. The Balaban J connectivity index is 1.14. The lowest BCUT2D eigenvalue weighted by molar-refractivity contribution is -0.115. The maximum absolute atomic E-state index is 14.1. The monoisotopic (exact) mass is 717 g/mol. The highest BCUT2D eigenvalue weighted by molar-refractivity contribution is 7.80. The molecule has 0 aliphatic carbocycles. The van der Waals surface area contributed by atoms with Gasteiger partial charge in [0.25, 0.3) is 11.8 Å². The molecule has 0 fully saturated rings. The van der Waals surface area contributed by atoms with Crippen LogP contribution in [0.1, 0.15) is 33.0 Å². The van der Waals surface area contributed by atoms with Gasteiger partial charge >= 0.3 is 7.82 Å². The summed E-state index contributed by atoms with van der Waals surface area (Å²) in [5, 5.41) is 8.34. The molecule has 0 saturated carbocycles. The number of hydrogen-bond acceptors (Lipinski definition) is 6. The van der Waals surface area contributed by atoms with E-state index in [1.807, 2.05) is 6.07 Å². The minimum Gasteiger partial charge on any atom is -0.404 e. The van der Waals surface area contributed by atoms with Crippen molar-refractivity contribution >= 4 is 99.4 Å². The van der Waals surface area contributed by atoms with E-state index in [0.29, 0.717) is 63.0 Å². The van der Waals surface area contributed by atoms with Gasteiger partial charge in [-0.25, -0.2) is 4.57 Å². The third-order valence-corrected chi connectivity index (χ3v) is 9.38. The molecule has 0 saturated heterocycles. The zero-order valence-corrected chi connectivity index (χ0v) is 28.1. The average Bonchev–Trinajstić information content (AvgIpc) is 3.78. The highest BCUT2D eigenvalue weighted by Crippen LogP contribution is 2.47. The molecular weight excluding hydrogens is 689 g/mol. The molecule has 49 heavy (non-hydrogen) atoms. The van der Waals surface area contributed by atoms with Crippen molar-refractivity contribution in [3.8, 4) is 5.75 Å². The molecule has 0 bridgehead atoms. The maximum atomic E-state index is 14.1. The molecule has 2 aromatic heterocycles. The standard InChI is InChI=1S/C34H29ClN5O7PS/c35-17-22-15-25-23-3-1-2-4-24(23)31(47-48(44,45)46)16-30(25)40(22)34(43)29-14-19-12-21(6-8-27(19)39-29)37-33(42)28-13-18-11-20(5-7-26(18)38-28)36-32(41)9-10-49/h1-8,11-14,16,22,38-39,49H,9-10,15,17H2,(H,36,41)(H,37,42)(H2,44,45,46)/t22-/m0/s1. The van der Waals surface area contributed by atoms with Crippen LogP contribution in [0.5, 0.6) is 5.75 Å². The van der Waals surface area contributed by atoms with E-state index in [2.05, 4.69) is 33.2 Å². The molecule has 7 rings (SSSR count).